The molecule has 7 heteroatoms. The molecule has 0 unspecified atom stereocenters. The Labute approximate surface area is 74.8 Å². The molecule has 0 spiro atoms. The van der Waals surface area contributed by atoms with Crippen molar-refractivity contribution in [3.05, 3.63) is 0 Å². The smallest absolute Gasteiger partial charge is 0.328 e. The summed E-state index contributed by atoms with van der Waals surface area (Å²) in [6.45, 7) is 0.978. The van der Waals surface area contributed by atoms with Crippen LogP contribution in [0, 0.1) is 0 Å². The molecule has 7 N–H and O–H groups in total. The Kier molecular flexibility index (Phi) is 7.01. The first-order valence-corrected chi connectivity index (χ1v) is 3.39. The number of aliphatic hydroxyl groups is 1. The average molecular weight is 194 g/mol. The second kappa shape index (κ2) is 6.35. The number of carboxylic acid groups (broad SMARTS) is 1. The molecule has 1 amide bonds. The lowest BCUT2D eigenvalue weighted by atomic mass is 10.2. The van der Waals surface area contributed by atoms with Crippen LogP contribution in [-0.4, -0.2) is 46.3 Å². The Hall–Kier alpha value is -1.18. The lowest BCUT2D eigenvalue weighted by Crippen LogP contribution is -2.49. The first kappa shape index (κ1) is 14.3. The minimum atomic E-state index is -1.29. The summed E-state index contributed by atoms with van der Waals surface area (Å²) in [6, 6.07) is -1.29. The monoisotopic (exact) mass is 194 g/mol. The van der Waals surface area contributed by atoms with Gasteiger partial charge in [-0.25, -0.2) is 4.79 Å². The van der Waals surface area contributed by atoms with Gasteiger partial charge in [0.15, 0.2) is 6.04 Å². The molecule has 0 saturated heterocycles. The van der Waals surface area contributed by atoms with E-state index in [9.17, 15) is 9.59 Å². The van der Waals surface area contributed by atoms with Crippen LogP contribution in [0.2, 0.25) is 0 Å². The Bertz CT molecular complexity index is 182. The van der Waals surface area contributed by atoms with E-state index >= 15 is 0 Å². The quantitative estimate of drug-likeness (QED) is 0.378. The fraction of sp³-hybridized carbons (Fsp3) is 0.667. The number of carbonyl (C=O) groups excluding carboxylic acids is 1. The highest BCUT2D eigenvalue weighted by atomic mass is 16.4. The maximum absolute atomic E-state index is 10.6. The first-order chi connectivity index (χ1) is 5.49. The lowest BCUT2D eigenvalue weighted by molar-refractivity contribution is -0.144. The van der Waals surface area contributed by atoms with Gasteiger partial charge in [0.2, 0.25) is 5.91 Å². The molecule has 0 fully saturated rings. The number of amides is 1. The van der Waals surface area contributed by atoms with E-state index in [2.05, 4.69) is 5.32 Å². The summed E-state index contributed by atoms with van der Waals surface area (Å²) in [5.74, 6) is -1.89. The average Bonchev–Trinajstić information content (AvgIpc) is 1.98. The molecule has 0 aromatic heterocycles. The summed E-state index contributed by atoms with van der Waals surface area (Å²) in [7, 11) is 0. The van der Waals surface area contributed by atoms with Gasteiger partial charge in [-0.1, -0.05) is 0 Å². The highest BCUT2D eigenvalue weighted by molar-refractivity contribution is 5.84. The van der Waals surface area contributed by atoms with Crippen LogP contribution in [-0.2, 0) is 9.59 Å². The zero-order valence-corrected chi connectivity index (χ0v) is 7.15. The molecule has 0 aromatic rings. The minimum Gasteiger partial charge on any atom is -0.480 e. The van der Waals surface area contributed by atoms with Crippen LogP contribution in [0.4, 0.5) is 0 Å². The molecule has 2 atom stereocenters. The summed E-state index contributed by atoms with van der Waals surface area (Å²) in [5, 5.41) is 19.4. The van der Waals surface area contributed by atoms with Crippen LogP contribution in [0.3, 0.4) is 0 Å². The highest BCUT2D eigenvalue weighted by Crippen LogP contribution is 1.91. The number of aliphatic hydroxyl groups excluding tert-OH is 1. The van der Waals surface area contributed by atoms with E-state index in [0.717, 1.165) is 0 Å². The predicted octanol–water partition coefficient (Wildman–Crippen LogP) is -2.93. The van der Waals surface area contributed by atoms with Crippen molar-refractivity contribution in [1.29, 1.82) is 0 Å². The number of nitrogens with one attached hydrogen (secondary N) is 1. The fourth-order valence-corrected chi connectivity index (χ4v) is 0.621. The maximum atomic E-state index is 10.6. The predicted molar refractivity (Wildman–Crippen MR) is 43.9 cm³/mol. The lowest BCUT2D eigenvalue weighted by Gasteiger charge is -2.15. The third-order valence-corrected chi connectivity index (χ3v) is 1.25. The normalized spacial score (nSPS) is 13.8. The zero-order chi connectivity index (χ0) is 9.72. The van der Waals surface area contributed by atoms with Crippen molar-refractivity contribution >= 4 is 11.9 Å². The number of carboxylic acids is 1. The van der Waals surface area contributed by atoms with Crippen LogP contribution in [0.15, 0.2) is 0 Å². The number of aliphatic carboxylic acids is 1. The van der Waals surface area contributed by atoms with Gasteiger partial charge in [-0.05, 0) is 6.92 Å². The summed E-state index contributed by atoms with van der Waals surface area (Å²) in [4.78, 5) is 21.0. The third kappa shape index (κ3) is 5.12. The van der Waals surface area contributed by atoms with Crippen molar-refractivity contribution in [3.8, 4) is 0 Å². The largest absolute Gasteiger partial charge is 0.480 e. The molecule has 13 heavy (non-hydrogen) atoms. The van der Waals surface area contributed by atoms with Gasteiger partial charge in [0.25, 0.3) is 0 Å². The molecule has 0 aliphatic heterocycles. The molecule has 0 aromatic carbocycles. The van der Waals surface area contributed by atoms with Crippen LogP contribution in [0.5, 0.6) is 0 Å². The van der Waals surface area contributed by atoms with Crippen LogP contribution < -0.4 is 11.1 Å². The van der Waals surface area contributed by atoms with E-state index in [-0.39, 0.29) is 12.0 Å². The molecule has 0 radical (unpaired) electrons. The molecular formula is C6H14N2O5. The summed E-state index contributed by atoms with van der Waals surface area (Å²) < 4.78 is 0. The second-order valence-electron chi connectivity index (χ2n) is 2.33. The zero-order valence-electron chi connectivity index (χ0n) is 7.15. The molecule has 0 bridgehead atoms. The molecule has 0 heterocycles. The molecule has 0 aliphatic rings. The van der Waals surface area contributed by atoms with E-state index < -0.39 is 24.0 Å². The standard InChI is InChI=1S/C6H12N2O4.H2O/c1-3(9)5(6(11)12)8-4(10)2-7;/h3,5,9H,2,7H2,1H3,(H,8,10)(H,11,12);1H2/t3-,5+;/m1./s1. The van der Waals surface area contributed by atoms with Gasteiger partial charge < -0.3 is 26.7 Å². The number of hydrogen-bond donors (Lipinski definition) is 4. The summed E-state index contributed by atoms with van der Waals surface area (Å²) in [5.41, 5.74) is 4.93. The molecule has 0 aliphatic carbocycles. The van der Waals surface area contributed by atoms with Gasteiger partial charge >= 0.3 is 5.97 Å². The molecule has 0 rings (SSSR count). The third-order valence-electron chi connectivity index (χ3n) is 1.25. The Morgan fingerprint density at radius 2 is 2.00 bits per heavy atom. The maximum Gasteiger partial charge on any atom is 0.328 e. The van der Waals surface area contributed by atoms with Gasteiger partial charge in [0.05, 0.1) is 12.6 Å². The van der Waals surface area contributed by atoms with Gasteiger partial charge in [0, 0.05) is 0 Å². The minimum absolute atomic E-state index is 0. The molecule has 78 valence electrons. The summed E-state index contributed by atoms with van der Waals surface area (Å²) in [6.07, 6.45) is -1.14. The van der Waals surface area contributed by atoms with Crippen molar-refractivity contribution in [1.82, 2.24) is 5.32 Å². The van der Waals surface area contributed by atoms with Crippen molar-refractivity contribution in [3.63, 3.8) is 0 Å². The van der Waals surface area contributed by atoms with E-state index in [0.29, 0.717) is 0 Å². The van der Waals surface area contributed by atoms with Crippen molar-refractivity contribution < 1.29 is 25.3 Å². The van der Waals surface area contributed by atoms with Gasteiger partial charge in [-0.2, -0.15) is 0 Å². The Morgan fingerprint density at radius 3 is 2.23 bits per heavy atom. The SMILES string of the molecule is C[C@@H](O)[C@H](NC(=O)CN)C(=O)O.O. The van der Waals surface area contributed by atoms with E-state index in [1.165, 1.54) is 6.92 Å². The van der Waals surface area contributed by atoms with Crippen LogP contribution in [0.25, 0.3) is 0 Å². The van der Waals surface area contributed by atoms with Gasteiger partial charge in [-0.3, -0.25) is 4.79 Å². The van der Waals surface area contributed by atoms with E-state index in [1.54, 1.807) is 0 Å². The van der Waals surface area contributed by atoms with Gasteiger partial charge in [0.1, 0.15) is 0 Å². The molecule has 0 saturated carbocycles. The van der Waals surface area contributed by atoms with Crippen molar-refractivity contribution in [2.24, 2.45) is 5.73 Å². The van der Waals surface area contributed by atoms with Crippen molar-refractivity contribution in [2.45, 2.75) is 19.1 Å². The summed E-state index contributed by atoms with van der Waals surface area (Å²) >= 11 is 0. The number of rotatable bonds is 4. The van der Waals surface area contributed by atoms with Crippen molar-refractivity contribution in [2.75, 3.05) is 6.54 Å². The molecule has 7 nitrogen and oxygen atoms in total. The van der Waals surface area contributed by atoms with Crippen LogP contribution >= 0.6 is 0 Å². The van der Waals surface area contributed by atoms with E-state index in [4.69, 9.17) is 15.9 Å². The van der Waals surface area contributed by atoms with Crippen LogP contribution in [0.1, 0.15) is 6.92 Å². The number of nitrogens with two attached hydrogens (primary N) is 1. The molecular weight excluding hydrogens is 180 g/mol. The number of carbonyl (C=O) groups is 2. The Balaban J connectivity index is 0. The fourth-order valence-electron chi connectivity index (χ4n) is 0.621. The highest BCUT2D eigenvalue weighted by Gasteiger charge is 2.23. The first-order valence-electron chi connectivity index (χ1n) is 3.39. The van der Waals surface area contributed by atoms with Gasteiger partial charge in [-0.15, -0.1) is 0 Å². The number of hydrogen-bond acceptors (Lipinski definition) is 4. The van der Waals surface area contributed by atoms with E-state index in [1.807, 2.05) is 0 Å². The Morgan fingerprint density at radius 1 is 1.54 bits per heavy atom. The topological polar surface area (TPSA) is 144 Å². The second-order valence-corrected chi connectivity index (χ2v) is 2.33.